The Labute approximate surface area is 177 Å². The Morgan fingerprint density at radius 3 is 2.87 bits per heavy atom. The second-order valence-electron chi connectivity index (χ2n) is 7.63. The molecule has 3 heterocycles. The molecule has 30 heavy (non-hydrogen) atoms. The van der Waals surface area contributed by atoms with Crippen LogP contribution in [-0.2, 0) is 6.54 Å². The van der Waals surface area contributed by atoms with E-state index >= 15 is 0 Å². The first-order valence-corrected chi connectivity index (χ1v) is 10.1. The van der Waals surface area contributed by atoms with Gasteiger partial charge in [0.2, 0.25) is 5.92 Å². The molecular formula is C21H21ClF2N4O2. The molecule has 1 saturated heterocycles. The monoisotopic (exact) mass is 434 g/mol. The Morgan fingerprint density at radius 1 is 1.27 bits per heavy atom. The number of amides is 2. The van der Waals surface area contributed by atoms with Gasteiger partial charge >= 0.3 is 0 Å². The Kier molecular flexibility index (Phi) is 5.36. The number of halogens is 3. The minimum atomic E-state index is -2.71. The highest BCUT2D eigenvalue weighted by Crippen LogP contribution is 2.32. The van der Waals surface area contributed by atoms with Crippen molar-refractivity contribution < 1.29 is 18.4 Å². The fourth-order valence-corrected chi connectivity index (χ4v) is 3.91. The molecule has 2 N–H and O–H groups in total. The molecule has 0 aliphatic carbocycles. The van der Waals surface area contributed by atoms with Crippen LogP contribution in [0.5, 0.6) is 0 Å². The van der Waals surface area contributed by atoms with Crippen molar-refractivity contribution in [1.82, 2.24) is 10.3 Å². The van der Waals surface area contributed by atoms with Gasteiger partial charge in [0.25, 0.3) is 11.8 Å². The number of aromatic nitrogens is 1. The van der Waals surface area contributed by atoms with Crippen molar-refractivity contribution >= 4 is 34.9 Å². The lowest BCUT2D eigenvalue weighted by Gasteiger charge is -2.24. The Balaban J connectivity index is 1.62. The van der Waals surface area contributed by atoms with Crippen LogP contribution in [0.15, 0.2) is 24.3 Å². The number of fused-ring (bicyclic) bond motifs is 1. The second kappa shape index (κ2) is 7.83. The Bertz CT molecular complexity index is 1030. The van der Waals surface area contributed by atoms with E-state index in [2.05, 4.69) is 15.6 Å². The molecule has 4 rings (SSSR count). The summed E-state index contributed by atoms with van der Waals surface area (Å²) in [5.74, 6) is -2.94. The van der Waals surface area contributed by atoms with Crippen LogP contribution in [0.4, 0.5) is 20.3 Å². The number of hydrogen-bond acceptors (Lipinski definition) is 4. The van der Waals surface area contributed by atoms with Crippen molar-refractivity contribution in [1.29, 1.82) is 0 Å². The molecule has 1 aromatic carbocycles. The molecule has 2 aliphatic heterocycles. The van der Waals surface area contributed by atoms with E-state index in [-0.39, 0.29) is 30.9 Å². The van der Waals surface area contributed by atoms with E-state index in [1.54, 1.807) is 30.0 Å². The van der Waals surface area contributed by atoms with Gasteiger partial charge in [-0.25, -0.2) is 13.8 Å². The molecule has 0 saturated carbocycles. The first-order valence-electron chi connectivity index (χ1n) is 9.76. The van der Waals surface area contributed by atoms with Crippen LogP contribution in [0.25, 0.3) is 0 Å². The smallest absolute Gasteiger partial charge is 0.259 e. The normalized spacial score (nSPS) is 17.9. The predicted molar refractivity (Wildman–Crippen MR) is 111 cm³/mol. The number of hydrogen-bond donors (Lipinski definition) is 2. The fourth-order valence-electron chi connectivity index (χ4n) is 3.76. The number of nitrogens with zero attached hydrogens (tertiary/aromatic N) is 2. The molecular weight excluding hydrogens is 414 g/mol. The van der Waals surface area contributed by atoms with Crippen molar-refractivity contribution in [3.63, 3.8) is 0 Å². The molecule has 0 atom stereocenters. The Morgan fingerprint density at radius 2 is 2.07 bits per heavy atom. The summed E-state index contributed by atoms with van der Waals surface area (Å²) in [5.41, 5.74) is 2.67. The number of pyridine rings is 1. The number of carbonyl (C=O) groups is 2. The van der Waals surface area contributed by atoms with Gasteiger partial charge in [-0.2, -0.15) is 0 Å². The summed E-state index contributed by atoms with van der Waals surface area (Å²) in [7, 11) is 0. The van der Waals surface area contributed by atoms with Gasteiger partial charge in [-0.05, 0) is 43.2 Å². The third-order valence-corrected chi connectivity index (χ3v) is 5.82. The first-order chi connectivity index (χ1) is 14.2. The van der Waals surface area contributed by atoms with Crippen molar-refractivity contribution in [2.75, 3.05) is 23.3 Å². The number of carbonyl (C=O) groups excluding carboxylic acids is 2. The number of anilines is 2. The van der Waals surface area contributed by atoms with E-state index in [0.29, 0.717) is 47.3 Å². The number of rotatable bonds is 3. The van der Waals surface area contributed by atoms with Crippen molar-refractivity contribution in [2.45, 2.75) is 38.7 Å². The maximum Gasteiger partial charge on any atom is 0.259 e. The molecule has 2 amide bonds. The highest BCUT2D eigenvalue weighted by Gasteiger charge is 2.33. The summed E-state index contributed by atoms with van der Waals surface area (Å²) in [6.45, 7) is 2.61. The standard InChI is InChI=1S/C21H21ClF2N4O2/c1-12-17(22)10-16(18(26-12)28-7-2-5-21(23,24)6-8-28)20(30)27-14-3-4-15-13(9-14)11-25-19(15)29/h3-4,9-10H,2,5-8,11H2,1H3,(H,25,29)(H,27,30). The summed E-state index contributed by atoms with van der Waals surface area (Å²) in [5, 5.41) is 5.86. The summed E-state index contributed by atoms with van der Waals surface area (Å²) in [6, 6.07) is 6.57. The lowest BCUT2D eigenvalue weighted by Crippen LogP contribution is -2.29. The number of alkyl halides is 2. The van der Waals surface area contributed by atoms with Crippen molar-refractivity contribution in [2.24, 2.45) is 0 Å². The molecule has 0 bridgehead atoms. The number of nitrogens with one attached hydrogen (secondary N) is 2. The molecule has 0 spiro atoms. The van der Waals surface area contributed by atoms with Gasteiger partial charge in [0.05, 0.1) is 16.3 Å². The van der Waals surface area contributed by atoms with Gasteiger partial charge < -0.3 is 15.5 Å². The van der Waals surface area contributed by atoms with E-state index < -0.39 is 11.8 Å². The van der Waals surface area contributed by atoms with E-state index in [9.17, 15) is 18.4 Å². The molecule has 2 aromatic rings. The molecule has 6 nitrogen and oxygen atoms in total. The molecule has 158 valence electrons. The number of aryl methyl sites for hydroxylation is 1. The maximum absolute atomic E-state index is 13.8. The van der Waals surface area contributed by atoms with Crippen LogP contribution in [0.1, 0.15) is 51.2 Å². The van der Waals surface area contributed by atoms with Gasteiger partial charge in [0.1, 0.15) is 5.82 Å². The van der Waals surface area contributed by atoms with Crippen molar-refractivity contribution in [3.8, 4) is 0 Å². The minimum Gasteiger partial charge on any atom is -0.356 e. The van der Waals surface area contributed by atoms with Gasteiger partial charge in [-0.1, -0.05) is 11.6 Å². The van der Waals surface area contributed by atoms with Crippen LogP contribution in [-0.4, -0.2) is 35.8 Å². The average molecular weight is 435 g/mol. The molecule has 0 unspecified atom stereocenters. The molecule has 1 aromatic heterocycles. The molecule has 0 radical (unpaired) electrons. The lowest BCUT2D eigenvalue weighted by atomic mass is 10.1. The van der Waals surface area contributed by atoms with Crippen LogP contribution in [0.2, 0.25) is 5.02 Å². The zero-order valence-corrected chi connectivity index (χ0v) is 17.2. The van der Waals surface area contributed by atoms with E-state index in [4.69, 9.17) is 11.6 Å². The van der Waals surface area contributed by atoms with E-state index in [1.807, 2.05) is 0 Å². The number of benzene rings is 1. The lowest BCUT2D eigenvalue weighted by molar-refractivity contribution is -0.0102. The Hall–Kier alpha value is -2.74. The largest absolute Gasteiger partial charge is 0.356 e. The average Bonchev–Trinajstić information content (AvgIpc) is 2.95. The molecule has 2 aliphatic rings. The second-order valence-corrected chi connectivity index (χ2v) is 8.04. The zero-order chi connectivity index (χ0) is 21.5. The predicted octanol–water partition coefficient (Wildman–Crippen LogP) is 4.16. The zero-order valence-electron chi connectivity index (χ0n) is 16.4. The summed E-state index contributed by atoms with van der Waals surface area (Å²) < 4.78 is 27.6. The van der Waals surface area contributed by atoms with Gasteiger partial charge in [-0.3, -0.25) is 9.59 Å². The highest BCUT2D eigenvalue weighted by molar-refractivity contribution is 6.31. The summed E-state index contributed by atoms with van der Waals surface area (Å²) in [6.07, 6.45) is -0.161. The maximum atomic E-state index is 13.8. The van der Waals surface area contributed by atoms with E-state index in [0.717, 1.165) is 5.56 Å². The SMILES string of the molecule is Cc1nc(N2CCCC(F)(F)CC2)c(C(=O)Nc2ccc3c(c2)CNC3=O)cc1Cl. The quantitative estimate of drug-likeness (QED) is 0.760. The van der Waals surface area contributed by atoms with Crippen LogP contribution in [0.3, 0.4) is 0 Å². The van der Waals surface area contributed by atoms with Crippen molar-refractivity contribution in [3.05, 3.63) is 51.7 Å². The first kappa shape index (κ1) is 20.5. The van der Waals surface area contributed by atoms with Gasteiger partial charge in [0.15, 0.2) is 0 Å². The van der Waals surface area contributed by atoms with Gasteiger partial charge in [0, 0.05) is 43.7 Å². The van der Waals surface area contributed by atoms with Gasteiger partial charge in [-0.15, -0.1) is 0 Å². The summed E-state index contributed by atoms with van der Waals surface area (Å²) in [4.78, 5) is 30.9. The van der Waals surface area contributed by atoms with Crippen LogP contribution in [0, 0.1) is 6.92 Å². The molecule has 1 fully saturated rings. The third kappa shape index (κ3) is 4.09. The minimum absolute atomic E-state index is 0.105. The fraction of sp³-hybridized carbons (Fsp3) is 0.381. The topological polar surface area (TPSA) is 74.3 Å². The third-order valence-electron chi connectivity index (χ3n) is 5.44. The van der Waals surface area contributed by atoms with Crippen LogP contribution >= 0.6 is 11.6 Å². The highest BCUT2D eigenvalue weighted by atomic mass is 35.5. The molecule has 9 heteroatoms. The van der Waals surface area contributed by atoms with Crippen LogP contribution < -0.4 is 15.5 Å². The summed E-state index contributed by atoms with van der Waals surface area (Å²) >= 11 is 6.22. The van der Waals surface area contributed by atoms with E-state index in [1.165, 1.54) is 6.07 Å².